The van der Waals surface area contributed by atoms with Gasteiger partial charge < -0.3 is 15.0 Å². The van der Waals surface area contributed by atoms with Crippen LogP contribution < -0.4 is 5.32 Å². The van der Waals surface area contributed by atoms with E-state index in [9.17, 15) is 4.39 Å². The van der Waals surface area contributed by atoms with Crippen LogP contribution in [0.3, 0.4) is 0 Å². The molecule has 1 aromatic carbocycles. The van der Waals surface area contributed by atoms with Gasteiger partial charge in [0.1, 0.15) is 11.9 Å². The van der Waals surface area contributed by atoms with Gasteiger partial charge in [-0.05, 0) is 53.4 Å². The lowest BCUT2D eigenvalue weighted by Crippen LogP contribution is -2.51. The maximum atomic E-state index is 13.2. The summed E-state index contributed by atoms with van der Waals surface area (Å²) in [5, 5.41) is 7.71. The summed E-state index contributed by atoms with van der Waals surface area (Å²) in [6, 6.07) is 8.70. The van der Waals surface area contributed by atoms with Crippen molar-refractivity contribution in [2.75, 3.05) is 26.7 Å². The van der Waals surface area contributed by atoms with Gasteiger partial charge in [-0.1, -0.05) is 12.1 Å². The van der Waals surface area contributed by atoms with E-state index in [0.717, 1.165) is 31.0 Å². The number of aliphatic imine (C=N–C) groups is 1. The summed E-state index contributed by atoms with van der Waals surface area (Å²) in [6.45, 7) is 4.39. The lowest BCUT2D eigenvalue weighted by Gasteiger charge is -2.38. The molecule has 2 heterocycles. The molecule has 26 heavy (non-hydrogen) atoms. The Morgan fingerprint density at radius 3 is 2.73 bits per heavy atom. The highest BCUT2D eigenvalue weighted by Gasteiger charge is 2.28. The number of benzene rings is 1. The summed E-state index contributed by atoms with van der Waals surface area (Å²) in [5.74, 6) is 0.660. The van der Waals surface area contributed by atoms with Crippen molar-refractivity contribution in [3.05, 3.63) is 58.0 Å². The predicted octanol–water partition coefficient (Wildman–Crippen LogP) is 4.09. The van der Waals surface area contributed by atoms with Crippen LogP contribution in [-0.2, 0) is 11.2 Å². The van der Waals surface area contributed by atoms with Crippen LogP contribution in [-0.4, -0.2) is 43.6 Å². The molecule has 1 aliphatic heterocycles. The Morgan fingerprint density at radius 1 is 1.31 bits per heavy atom. The standard InChI is InChI=1S/C19H24FN3OS.HI/c1-14-11-23(12-18(24-14)16-3-5-17(20)6-4-16)19(21-2)22-9-7-15-8-10-25-13-15;/h3-6,8,10,13-14,18H,7,9,11-12H2,1-2H3,(H,21,22);1H. The van der Waals surface area contributed by atoms with Gasteiger partial charge in [0.25, 0.3) is 0 Å². The van der Waals surface area contributed by atoms with Crippen LogP contribution in [0.4, 0.5) is 4.39 Å². The molecule has 1 fully saturated rings. The van der Waals surface area contributed by atoms with Crippen LogP contribution in [0.5, 0.6) is 0 Å². The normalized spacial score (nSPS) is 20.6. The molecule has 0 bridgehead atoms. The Kier molecular flexibility index (Phi) is 8.30. The summed E-state index contributed by atoms with van der Waals surface area (Å²) < 4.78 is 19.2. The number of rotatable bonds is 4. The summed E-state index contributed by atoms with van der Waals surface area (Å²) in [6.07, 6.45) is 0.975. The van der Waals surface area contributed by atoms with Crippen LogP contribution in [0.2, 0.25) is 0 Å². The third-order valence-electron chi connectivity index (χ3n) is 4.29. The minimum atomic E-state index is -0.227. The molecule has 0 radical (unpaired) electrons. The molecule has 4 nitrogen and oxygen atoms in total. The average molecular weight is 489 g/mol. The molecule has 2 atom stereocenters. The number of thiophene rings is 1. The zero-order valence-corrected chi connectivity index (χ0v) is 18.2. The Labute approximate surface area is 175 Å². The number of hydrogen-bond donors (Lipinski definition) is 1. The molecule has 0 saturated carbocycles. The van der Waals surface area contributed by atoms with Crippen molar-refractivity contribution >= 4 is 41.3 Å². The van der Waals surface area contributed by atoms with E-state index in [1.54, 1.807) is 30.5 Å². The van der Waals surface area contributed by atoms with E-state index in [-0.39, 0.29) is 42.0 Å². The third kappa shape index (κ3) is 5.65. The van der Waals surface area contributed by atoms with Gasteiger partial charge in [-0.25, -0.2) is 4.39 Å². The summed E-state index contributed by atoms with van der Waals surface area (Å²) >= 11 is 1.72. The van der Waals surface area contributed by atoms with Gasteiger partial charge in [-0.3, -0.25) is 4.99 Å². The van der Waals surface area contributed by atoms with E-state index >= 15 is 0 Å². The summed E-state index contributed by atoms with van der Waals surface area (Å²) in [5.41, 5.74) is 2.33. The molecule has 7 heteroatoms. The highest BCUT2D eigenvalue weighted by atomic mass is 127. The van der Waals surface area contributed by atoms with E-state index in [1.165, 1.54) is 17.7 Å². The molecule has 2 aromatic rings. The molecule has 0 aliphatic carbocycles. The molecule has 3 rings (SSSR count). The van der Waals surface area contributed by atoms with Crippen LogP contribution in [0.1, 0.15) is 24.2 Å². The fraction of sp³-hybridized carbons (Fsp3) is 0.421. The second-order valence-corrected chi connectivity index (χ2v) is 7.03. The van der Waals surface area contributed by atoms with Crippen molar-refractivity contribution in [1.29, 1.82) is 0 Å². The van der Waals surface area contributed by atoms with Crippen LogP contribution in [0.15, 0.2) is 46.1 Å². The quantitative estimate of drug-likeness (QED) is 0.400. The molecule has 0 spiro atoms. The third-order valence-corrected chi connectivity index (χ3v) is 5.02. The van der Waals surface area contributed by atoms with E-state index in [4.69, 9.17) is 4.74 Å². The van der Waals surface area contributed by atoms with Gasteiger partial charge in [0.15, 0.2) is 5.96 Å². The number of morpholine rings is 1. The number of guanidine groups is 1. The van der Waals surface area contributed by atoms with Crippen LogP contribution in [0.25, 0.3) is 0 Å². The van der Waals surface area contributed by atoms with Gasteiger partial charge in [-0.2, -0.15) is 11.3 Å². The maximum Gasteiger partial charge on any atom is 0.193 e. The first-order valence-corrected chi connectivity index (χ1v) is 9.47. The molecular formula is C19H25FIN3OS. The molecule has 2 unspecified atom stereocenters. The van der Waals surface area contributed by atoms with Gasteiger partial charge in [0, 0.05) is 20.1 Å². The lowest BCUT2D eigenvalue weighted by molar-refractivity contribution is -0.0604. The second-order valence-electron chi connectivity index (χ2n) is 6.25. The monoisotopic (exact) mass is 489 g/mol. The highest BCUT2D eigenvalue weighted by molar-refractivity contribution is 14.0. The summed E-state index contributed by atoms with van der Waals surface area (Å²) in [4.78, 5) is 6.64. The molecule has 0 amide bonds. The first-order valence-electron chi connectivity index (χ1n) is 8.53. The van der Waals surface area contributed by atoms with Crippen molar-refractivity contribution in [2.45, 2.75) is 25.6 Å². The zero-order valence-electron chi connectivity index (χ0n) is 15.0. The maximum absolute atomic E-state index is 13.2. The fourth-order valence-electron chi connectivity index (χ4n) is 3.07. The number of nitrogens with one attached hydrogen (secondary N) is 1. The van der Waals surface area contributed by atoms with Gasteiger partial charge >= 0.3 is 0 Å². The molecule has 1 saturated heterocycles. The van der Waals surface area contributed by atoms with E-state index in [2.05, 4.69) is 39.0 Å². The van der Waals surface area contributed by atoms with E-state index in [0.29, 0.717) is 6.54 Å². The number of nitrogens with zero attached hydrogens (tertiary/aromatic N) is 2. The first kappa shape index (κ1) is 21.1. The molecule has 1 aromatic heterocycles. The molecular weight excluding hydrogens is 464 g/mol. The van der Waals surface area contributed by atoms with Crippen molar-refractivity contribution in [2.24, 2.45) is 4.99 Å². The molecule has 142 valence electrons. The number of ether oxygens (including phenoxy) is 1. The Morgan fingerprint density at radius 2 is 2.08 bits per heavy atom. The molecule has 1 aliphatic rings. The Hall–Kier alpha value is -1.19. The Balaban J connectivity index is 0.00000243. The fourth-order valence-corrected chi connectivity index (χ4v) is 3.77. The minimum Gasteiger partial charge on any atom is -0.367 e. The largest absolute Gasteiger partial charge is 0.367 e. The number of halogens is 2. The van der Waals surface area contributed by atoms with Crippen LogP contribution >= 0.6 is 35.3 Å². The summed E-state index contributed by atoms with van der Waals surface area (Å²) in [7, 11) is 1.81. The van der Waals surface area contributed by atoms with Crippen molar-refractivity contribution in [3.63, 3.8) is 0 Å². The minimum absolute atomic E-state index is 0. The van der Waals surface area contributed by atoms with Gasteiger partial charge in [0.05, 0.1) is 12.6 Å². The van der Waals surface area contributed by atoms with E-state index < -0.39 is 0 Å². The van der Waals surface area contributed by atoms with Gasteiger partial charge in [0.2, 0.25) is 0 Å². The van der Waals surface area contributed by atoms with Crippen LogP contribution in [0, 0.1) is 5.82 Å². The number of hydrogen-bond acceptors (Lipinski definition) is 3. The predicted molar refractivity (Wildman–Crippen MR) is 116 cm³/mol. The molecule has 1 N–H and O–H groups in total. The van der Waals surface area contributed by atoms with Crippen molar-refractivity contribution in [1.82, 2.24) is 10.2 Å². The first-order chi connectivity index (χ1) is 12.2. The zero-order chi connectivity index (χ0) is 17.6. The Bertz CT molecular complexity index is 693. The average Bonchev–Trinajstić information content (AvgIpc) is 3.12. The lowest BCUT2D eigenvalue weighted by atomic mass is 10.1. The second kappa shape index (κ2) is 10.2. The van der Waals surface area contributed by atoms with Crippen molar-refractivity contribution < 1.29 is 9.13 Å². The van der Waals surface area contributed by atoms with E-state index in [1.807, 2.05) is 0 Å². The van der Waals surface area contributed by atoms with Gasteiger partial charge in [-0.15, -0.1) is 24.0 Å². The smallest absolute Gasteiger partial charge is 0.193 e. The highest BCUT2D eigenvalue weighted by Crippen LogP contribution is 2.25. The SMILES string of the molecule is CN=C(NCCc1ccsc1)N1CC(C)OC(c2ccc(F)cc2)C1.I. The topological polar surface area (TPSA) is 36.9 Å². The van der Waals surface area contributed by atoms with Crippen molar-refractivity contribution in [3.8, 4) is 0 Å².